The quantitative estimate of drug-likeness (QED) is 0.402. The Labute approximate surface area is 205 Å². The Hall–Kier alpha value is -1.49. The average Bonchev–Trinajstić information content (AvgIpc) is 3.06. The van der Waals surface area contributed by atoms with E-state index in [1.165, 1.54) is 12.5 Å². The molecule has 4 rings (SSSR count). The molecule has 5 heteroatoms. The highest BCUT2D eigenvalue weighted by Gasteiger charge is 2.62. The fraction of sp³-hybridized carbons (Fsp3) is 0.828. The van der Waals surface area contributed by atoms with Crippen LogP contribution in [0.15, 0.2) is 11.6 Å². The van der Waals surface area contributed by atoms with Crippen molar-refractivity contribution in [3.05, 3.63) is 11.6 Å². The summed E-state index contributed by atoms with van der Waals surface area (Å²) in [5.41, 5.74) is 1.48. The average molecular weight is 473 g/mol. The molecule has 5 nitrogen and oxygen atoms in total. The molecule has 4 aliphatic carbocycles. The molecule has 0 saturated heterocycles. The van der Waals surface area contributed by atoms with Gasteiger partial charge < -0.3 is 9.84 Å². The summed E-state index contributed by atoms with van der Waals surface area (Å²) in [4.78, 5) is 38.0. The van der Waals surface area contributed by atoms with Gasteiger partial charge in [0.25, 0.3) is 0 Å². The Morgan fingerprint density at radius 2 is 1.88 bits per heavy atom. The van der Waals surface area contributed by atoms with Crippen molar-refractivity contribution in [2.75, 3.05) is 6.61 Å². The van der Waals surface area contributed by atoms with Gasteiger partial charge in [-0.05, 0) is 73.0 Å². The number of ether oxygens (including phenoxy) is 1. The first-order valence-electron chi connectivity index (χ1n) is 13.5. The topological polar surface area (TPSA) is 80.7 Å². The van der Waals surface area contributed by atoms with Gasteiger partial charge in [0.2, 0.25) is 0 Å². The highest BCUT2D eigenvalue weighted by atomic mass is 16.5. The van der Waals surface area contributed by atoms with Crippen LogP contribution in [0.2, 0.25) is 0 Å². The van der Waals surface area contributed by atoms with Crippen LogP contribution in [0.5, 0.6) is 0 Å². The SMILES string of the molecule is CC(=O)OC1CCC2(C)C(=CCC3C2CCC2(C)C3CC(=O)C2C(C)C(=O)CCC(C)CO)C1. The monoisotopic (exact) mass is 472 g/mol. The van der Waals surface area contributed by atoms with E-state index in [2.05, 4.69) is 19.9 Å². The second-order valence-electron chi connectivity index (χ2n) is 12.5. The highest BCUT2D eigenvalue weighted by Crippen LogP contribution is 2.66. The molecule has 9 unspecified atom stereocenters. The summed E-state index contributed by atoms with van der Waals surface area (Å²) < 4.78 is 5.55. The van der Waals surface area contributed by atoms with Crippen LogP contribution >= 0.6 is 0 Å². The third-order valence-corrected chi connectivity index (χ3v) is 10.5. The van der Waals surface area contributed by atoms with Crippen molar-refractivity contribution in [2.24, 2.45) is 46.3 Å². The first kappa shape index (κ1) is 25.6. The van der Waals surface area contributed by atoms with Gasteiger partial charge in [0, 0.05) is 44.6 Å². The third-order valence-electron chi connectivity index (χ3n) is 10.5. The van der Waals surface area contributed by atoms with Gasteiger partial charge in [-0.2, -0.15) is 0 Å². The molecule has 3 saturated carbocycles. The lowest BCUT2D eigenvalue weighted by Crippen LogP contribution is -2.51. The first-order valence-corrected chi connectivity index (χ1v) is 13.5. The number of aliphatic hydroxyl groups is 1. The number of hydrogen-bond donors (Lipinski definition) is 1. The minimum absolute atomic E-state index is 0.0000775. The summed E-state index contributed by atoms with van der Waals surface area (Å²) in [5, 5.41) is 9.31. The van der Waals surface area contributed by atoms with Crippen LogP contribution in [0, 0.1) is 46.3 Å². The van der Waals surface area contributed by atoms with Crippen LogP contribution in [0.1, 0.15) is 92.4 Å². The molecule has 0 radical (unpaired) electrons. The molecule has 34 heavy (non-hydrogen) atoms. The predicted octanol–water partition coefficient (Wildman–Crippen LogP) is 5.29. The molecule has 190 valence electrons. The minimum Gasteiger partial charge on any atom is -0.462 e. The van der Waals surface area contributed by atoms with Crippen LogP contribution in [-0.2, 0) is 19.1 Å². The van der Waals surface area contributed by atoms with Gasteiger partial charge in [-0.15, -0.1) is 0 Å². The second kappa shape index (κ2) is 9.52. The van der Waals surface area contributed by atoms with Crippen LogP contribution in [0.3, 0.4) is 0 Å². The van der Waals surface area contributed by atoms with Crippen molar-refractivity contribution in [3.8, 4) is 0 Å². The summed E-state index contributed by atoms with van der Waals surface area (Å²) >= 11 is 0. The number of ketones is 2. The molecule has 3 fully saturated rings. The van der Waals surface area contributed by atoms with E-state index in [4.69, 9.17) is 4.74 Å². The molecular formula is C29H44O5. The number of carbonyl (C=O) groups excluding carboxylic acids is 3. The van der Waals surface area contributed by atoms with Gasteiger partial charge in [-0.1, -0.05) is 39.3 Å². The van der Waals surface area contributed by atoms with E-state index in [1.54, 1.807) is 0 Å². The summed E-state index contributed by atoms with van der Waals surface area (Å²) in [6.07, 6.45) is 10.1. The van der Waals surface area contributed by atoms with Gasteiger partial charge in [0.15, 0.2) is 0 Å². The highest BCUT2D eigenvalue weighted by molar-refractivity contribution is 5.92. The van der Waals surface area contributed by atoms with Crippen LogP contribution in [0.25, 0.3) is 0 Å². The maximum Gasteiger partial charge on any atom is 0.302 e. The lowest BCUT2D eigenvalue weighted by molar-refractivity contribution is -0.148. The van der Waals surface area contributed by atoms with Crippen LogP contribution < -0.4 is 0 Å². The molecule has 0 aromatic rings. The number of rotatable bonds is 7. The molecular weight excluding hydrogens is 428 g/mol. The van der Waals surface area contributed by atoms with Crippen LogP contribution in [-0.4, -0.2) is 35.4 Å². The zero-order chi connectivity index (χ0) is 24.8. The van der Waals surface area contributed by atoms with E-state index in [0.717, 1.165) is 38.5 Å². The molecule has 9 atom stereocenters. The number of allylic oxidation sites excluding steroid dienone is 1. The normalized spacial score (nSPS) is 40.9. The number of carbonyl (C=O) groups is 3. The van der Waals surface area contributed by atoms with Gasteiger partial charge in [0.05, 0.1) is 0 Å². The zero-order valence-electron chi connectivity index (χ0n) is 21.8. The minimum atomic E-state index is -0.241. The number of fused-ring (bicyclic) bond motifs is 5. The summed E-state index contributed by atoms with van der Waals surface area (Å²) in [6.45, 7) is 10.2. The Balaban J connectivity index is 1.52. The molecule has 0 aromatic carbocycles. The molecule has 0 bridgehead atoms. The van der Waals surface area contributed by atoms with E-state index in [9.17, 15) is 19.5 Å². The Kier molecular flexibility index (Phi) is 7.17. The molecule has 0 aliphatic heterocycles. The molecule has 0 amide bonds. The zero-order valence-corrected chi connectivity index (χ0v) is 21.8. The first-order chi connectivity index (χ1) is 16.0. The van der Waals surface area contributed by atoms with Gasteiger partial charge in [-0.25, -0.2) is 0 Å². The summed E-state index contributed by atoms with van der Waals surface area (Å²) in [6, 6.07) is 0. The summed E-state index contributed by atoms with van der Waals surface area (Å²) in [5.74, 6) is 1.39. The molecule has 0 heterocycles. The second-order valence-corrected chi connectivity index (χ2v) is 12.5. The Bertz CT molecular complexity index is 861. The van der Waals surface area contributed by atoms with Crippen molar-refractivity contribution in [1.82, 2.24) is 0 Å². The maximum atomic E-state index is 13.4. The number of hydrogen-bond acceptors (Lipinski definition) is 5. The van der Waals surface area contributed by atoms with Crippen molar-refractivity contribution in [1.29, 1.82) is 0 Å². The predicted molar refractivity (Wildman–Crippen MR) is 131 cm³/mol. The van der Waals surface area contributed by atoms with E-state index in [-0.39, 0.29) is 53.0 Å². The fourth-order valence-corrected chi connectivity index (χ4v) is 8.54. The van der Waals surface area contributed by atoms with Crippen molar-refractivity contribution in [3.63, 3.8) is 0 Å². The molecule has 1 N–H and O–H groups in total. The van der Waals surface area contributed by atoms with Gasteiger partial charge >= 0.3 is 5.97 Å². The molecule has 0 aromatic heterocycles. The lowest BCUT2D eigenvalue weighted by atomic mass is 9.47. The van der Waals surface area contributed by atoms with E-state index < -0.39 is 0 Å². The Morgan fingerprint density at radius 1 is 1.15 bits per heavy atom. The smallest absolute Gasteiger partial charge is 0.302 e. The van der Waals surface area contributed by atoms with Gasteiger partial charge in [-0.3, -0.25) is 14.4 Å². The van der Waals surface area contributed by atoms with Crippen molar-refractivity contribution < 1.29 is 24.2 Å². The number of aliphatic hydroxyl groups excluding tert-OH is 1. The number of esters is 1. The maximum absolute atomic E-state index is 13.4. The van der Waals surface area contributed by atoms with Crippen molar-refractivity contribution >= 4 is 17.5 Å². The standard InChI is InChI=1S/C29H44O5/c1-17(16-30)6-9-25(32)18(2)27-26(33)15-24-22-8-7-20-14-21(34-19(3)31)10-12-28(20,4)23(22)11-13-29(24,27)5/h7,17-18,21-24,27,30H,6,8-16H2,1-5H3. The van der Waals surface area contributed by atoms with E-state index in [0.29, 0.717) is 42.8 Å². The van der Waals surface area contributed by atoms with Crippen LogP contribution in [0.4, 0.5) is 0 Å². The lowest BCUT2D eigenvalue weighted by Gasteiger charge is -2.58. The van der Waals surface area contributed by atoms with E-state index in [1.807, 2.05) is 13.8 Å². The van der Waals surface area contributed by atoms with Gasteiger partial charge in [0.1, 0.15) is 17.7 Å². The van der Waals surface area contributed by atoms with E-state index >= 15 is 0 Å². The number of Topliss-reactive ketones (excluding diaryl/α,β-unsaturated/α-hetero) is 2. The molecule has 0 spiro atoms. The summed E-state index contributed by atoms with van der Waals surface area (Å²) in [7, 11) is 0. The van der Waals surface area contributed by atoms with Crippen molar-refractivity contribution in [2.45, 2.75) is 98.5 Å². The Morgan fingerprint density at radius 3 is 2.56 bits per heavy atom. The largest absolute Gasteiger partial charge is 0.462 e. The third kappa shape index (κ3) is 4.31. The fourth-order valence-electron chi connectivity index (χ4n) is 8.54. The molecule has 4 aliphatic rings.